The van der Waals surface area contributed by atoms with Crippen LogP contribution in [0, 0.1) is 22.7 Å². The summed E-state index contributed by atoms with van der Waals surface area (Å²) < 4.78 is 0. The van der Waals surface area contributed by atoms with E-state index in [4.69, 9.17) is 5.73 Å². The summed E-state index contributed by atoms with van der Waals surface area (Å²) in [7, 11) is 0. The van der Waals surface area contributed by atoms with Crippen LogP contribution in [0.2, 0.25) is 0 Å². The Kier molecular flexibility index (Phi) is 15.7. The molecule has 274 valence electrons. The van der Waals surface area contributed by atoms with E-state index >= 15 is 0 Å². The highest BCUT2D eigenvalue weighted by molar-refractivity contribution is 6.04. The summed E-state index contributed by atoms with van der Waals surface area (Å²) in [5.74, 6) is -1.94. The third-order valence-corrected chi connectivity index (χ3v) is 8.65. The molecule has 0 radical (unpaired) electrons. The molecule has 1 aromatic carbocycles. The SMILES string of the molecule is CC(C)[C@@H](NC(=O)CCCCCN1C(=O)CC(C(C)(C)C)C1=O)C(=O)N[C@H](CCCCNC(N)=O)C(=O)Nc1ccc(CC(C)(C)C)cc1. The van der Waals surface area contributed by atoms with Crippen molar-refractivity contribution in [2.24, 2.45) is 28.4 Å². The van der Waals surface area contributed by atoms with Gasteiger partial charge in [0.2, 0.25) is 29.5 Å². The van der Waals surface area contributed by atoms with E-state index < -0.39 is 24.0 Å². The molecule has 0 saturated carbocycles. The number of amides is 7. The second kappa shape index (κ2) is 18.7. The Bertz CT molecular complexity index is 1300. The molecule has 0 aliphatic carbocycles. The fraction of sp³-hybridized carbons (Fsp3) is 0.676. The first-order valence-corrected chi connectivity index (χ1v) is 17.7. The van der Waals surface area contributed by atoms with Gasteiger partial charge in [0.05, 0.1) is 5.92 Å². The number of nitrogens with two attached hydrogens (primary N) is 1. The number of unbranched alkanes of at least 4 members (excludes halogenated alkanes) is 3. The highest BCUT2D eigenvalue weighted by Crippen LogP contribution is 2.35. The molecule has 0 bridgehead atoms. The maximum absolute atomic E-state index is 13.5. The van der Waals surface area contributed by atoms with Crippen molar-refractivity contribution in [3.8, 4) is 0 Å². The van der Waals surface area contributed by atoms with Crippen molar-refractivity contribution >= 4 is 41.3 Å². The van der Waals surface area contributed by atoms with Crippen LogP contribution in [0.3, 0.4) is 0 Å². The number of carbonyl (C=O) groups excluding carboxylic acids is 6. The molecule has 0 aromatic heterocycles. The Hall–Kier alpha value is -3.96. The lowest BCUT2D eigenvalue weighted by atomic mass is 9.80. The molecule has 1 fully saturated rings. The average Bonchev–Trinajstić information content (AvgIpc) is 3.27. The summed E-state index contributed by atoms with van der Waals surface area (Å²) in [6.45, 7) is 16.7. The number of benzene rings is 1. The highest BCUT2D eigenvalue weighted by Gasteiger charge is 2.44. The number of imide groups is 1. The average molecular weight is 685 g/mol. The predicted octanol–water partition coefficient (Wildman–Crippen LogP) is 4.66. The van der Waals surface area contributed by atoms with Crippen LogP contribution in [0.1, 0.15) is 112 Å². The van der Waals surface area contributed by atoms with E-state index in [0.29, 0.717) is 57.3 Å². The fourth-order valence-corrected chi connectivity index (χ4v) is 5.87. The normalized spacial score (nSPS) is 16.3. The second-order valence-electron chi connectivity index (χ2n) is 15.9. The Balaban J connectivity index is 1.95. The molecule has 2 rings (SSSR count). The minimum atomic E-state index is -0.873. The first-order chi connectivity index (χ1) is 22.8. The summed E-state index contributed by atoms with van der Waals surface area (Å²) in [4.78, 5) is 77.2. The lowest BCUT2D eigenvalue weighted by Gasteiger charge is -2.25. The van der Waals surface area contributed by atoms with Gasteiger partial charge in [0, 0.05) is 31.6 Å². The molecular formula is C37H60N6O6. The maximum atomic E-state index is 13.5. The number of rotatable bonds is 18. The van der Waals surface area contributed by atoms with Crippen molar-refractivity contribution in [3.63, 3.8) is 0 Å². The zero-order valence-corrected chi connectivity index (χ0v) is 30.9. The molecule has 0 spiro atoms. The van der Waals surface area contributed by atoms with E-state index in [2.05, 4.69) is 42.0 Å². The number of nitrogens with one attached hydrogen (secondary N) is 4. The quantitative estimate of drug-likeness (QED) is 0.111. The minimum Gasteiger partial charge on any atom is -0.352 e. The third-order valence-electron chi connectivity index (χ3n) is 8.65. The first-order valence-electron chi connectivity index (χ1n) is 17.7. The summed E-state index contributed by atoms with van der Waals surface area (Å²) in [6, 6.07) is 5.28. The van der Waals surface area contributed by atoms with Crippen LogP contribution in [0.4, 0.5) is 10.5 Å². The van der Waals surface area contributed by atoms with Crippen molar-refractivity contribution in [1.82, 2.24) is 20.9 Å². The number of carbonyl (C=O) groups is 6. The Labute approximate surface area is 292 Å². The van der Waals surface area contributed by atoms with Gasteiger partial charge in [-0.3, -0.25) is 28.9 Å². The Morgan fingerprint density at radius 3 is 2.08 bits per heavy atom. The molecule has 12 heteroatoms. The summed E-state index contributed by atoms with van der Waals surface area (Å²) in [5, 5.41) is 11.1. The van der Waals surface area contributed by atoms with E-state index in [0.717, 1.165) is 12.0 Å². The van der Waals surface area contributed by atoms with Crippen LogP contribution < -0.4 is 27.0 Å². The molecule has 12 nitrogen and oxygen atoms in total. The minimum absolute atomic E-state index is 0.121. The summed E-state index contributed by atoms with van der Waals surface area (Å²) in [6.07, 6.45) is 4.51. The topological polar surface area (TPSA) is 180 Å². The van der Waals surface area contributed by atoms with Gasteiger partial charge >= 0.3 is 6.03 Å². The van der Waals surface area contributed by atoms with Gasteiger partial charge in [0.25, 0.3) is 0 Å². The molecule has 1 saturated heterocycles. The highest BCUT2D eigenvalue weighted by atomic mass is 16.2. The van der Waals surface area contributed by atoms with Gasteiger partial charge in [-0.2, -0.15) is 0 Å². The zero-order chi connectivity index (χ0) is 36.9. The van der Waals surface area contributed by atoms with Crippen LogP contribution in [0.15, 0.2) is 24.3 Å². The molecule has 1 unspecified atom stereocenters. The molecule has 7 amide bonds. The second-order valence-corrected chi connectivity index (χ2v) is 15.9. The van der Waals surface area contributed by atoms with Crippen LogP contribution in [-0.4, -0.2) is 65.6 Å². The van der Waals surface area contributed by atoms with Gasteiger partial charge in [-0.05, 0) is 73.0 Å². The number of primary amides is 1. The first kappa shape index (κ1) is 41.2. The van der Waals surface area contributed by atoms with Gasteiger partial charge in [0.1, 0.15) is 12.1 Å². The number of likely N-dealkylation sites (tertiary alicyclic amines) is 1. The van der Waals surface area contributed by atoms with Crippen molar-refractivity contribution in [2.75, 3.05) is 18.4 Å². The van der Waals surface area contributed by atoms with E-state index in [9.17, 15) is 28.8 Å². The number of hydrogen-bond donors (Lipinski definition) is 5. The van der Waals surface area contributed by atoms with Gasteiger partial charge < -0.3 is 27.0 Å². The molecule has 1 heterocycles. The standard InChI is InChI=1S/C37H60N6O6/c1-24(2)31(42-29(44)15-10-9-13-21-43-30(45)22-27(34(43)48)37(6,7)8)33(47)41-28(14-11-12-20-39-35(38)49)32(46)40-26-18-16-25(17-19-26)23-36(3,4)5/h16-19,24,27-28,31H,9-15,20-23H2,1-8H3,(H,40,46)(H,41,47)(H,42,44)(H3,38,39,49)/t27?,28-,31-/m1/s1. The molecular weight excluding hydrogens is 624 g/mol. The molecule has 3 atom stereocenters. The molecule has 6 N–H and O–H groups in total. The third kappa shape index (κ3) is 14.6. The van der Waals surface area contributed by atoms with Crippen LogP contribution >= 0.6 is 0 Å². The van der Waals surface area contributed by atoms with Gasteiger partial charge in [-0.15, -0.1) is 0 Å². The van der Waals surface area contributed by atoms with Gasteiger partial charge in [0.15, 0.2) is 0 Å². The number of urea groups is 1. The van der Waals surface area contributed by atoms with Crippen LogP contribution in [0.5, 0.6) is 0 Å². The smallest absolute Gasteiger partial charge is 0.312 e. The zero-order valence-electron chi connectivity index (χ0n) is 30.9. The van der Waals surface area contributed by atoms with Crippen LogP contribution in [0.25, 0.3) is 0 Å². The Morgan fingerprint density at radius 1 is 0.878 bits per heavy atom. The molecule has 1 aromatic rings. The molecule has 1 aliphatic heterocycles. The number of hydrogen-bond acceptors (Lipinski definition) is 6. The fourth-order valence-electron chi connectivity index (χ4n) is 5.87. The number of nitrogens with zero attached hydrogens (tertiary/aromatic N) is 1. The van der Waals surface area contributed by atoms with E-state index in [1.54, 1.807) is 0 Å². The molecule has 49 heavy (non-hydrogen) atoms. The monoisotopic (exact) mass is 684 g/mol. The largest absolute Gasteiger partial charge is 0.352 e. The summed E-state index contributed by atoms with van der Waals surface area (Å²) in [5.41, 5.74) is 6.76. The lowest BCUT2D eigenvalue weighted by Crippen LogP contribution is -2.54. The van der Waals surface area contributed by atoms with E-state index in [-0.39, 0.29) is 59.1 Å². The van der Waals surface area contributed by atoms with E-state index in [1.807, 2.05) is 58.9 Å². The maximum Gasteiger partial charge on any atom is 0.312 e. The van der Waals surface area contributed by atoms with Gasteiger partial charge in [-0.25, -0.2) is 4.79 Å². The van der Waals surface area contributed by atoms with Gasteiger partial charge in [-0.1, -0.05) is 73.9 Å². The predicted molar refractivity (Wildman–Crippen MR) is 191 cm³/mol. The molecule has 1 aliphatic rings. The number of anilines is 1. The van der Waals surface area contributed by atoms with Crippen molar-refractivity contribution in [3.05, 3.63) is 29.8 Å². The summed E-state index contributed by atoms with van der Waals surface area (Å²) >= 11 is 0. The van der Waals surface area contributed by atoms with Crippen molar-refractivity contribution < 1.29 is 28.8 Å². The lowest BCUT2D eigenvalue weighted by molar-refractivity contribution is -0.140. The Morgan fingerprint density at radius 2 is 1.53 bits per heavy atom. The van der Waals surface area contributed by atoms with E-state index in [1.165, 1.54) is 4.90 Å². The van der Waals surface area contributed by atoms with Crippen molar-refractivity contribution in [2.45, 2.75) is 125 Å². The van der Waals surface area contributed by atoms with Crippen LogP contribution in [-0.2, 0) is 30.4 Å². The van der Waals surface area contributed by atoms with Crippen molar-refractivity contribution in [1.29, 1.82) is 0 Å².